The molecule has 41 heavy (non-hydrogen) atoms. The zero-order chi connectivity index (χ0) is 29.5. The summed E-state index contributed by atoms with van der Waals surface area (Å²) < 4.78 is 48.2. The van der Waals surface area contributed by atoms with Crippen LogP contribution in [0.5, 0.6) is 0 Å². The topological polar surface area (TPSA) is 138 Å². The second kappa shape index (κ2) is 11.3. The molecule has 1 aromatic carbocycles. The number of carbonyl (C=O) groups is 2. The summed E-state index contributed by atoms with van der Waals surface area (Å²) in [6, 6.07) is 3.84. The zero-order valence-corrected chi connectivity index (χ0v) is 24.7. The van der Waals surface area contributed by atoms with Gasteiger partial charge in [-0.15, -0.1) is 11.3 Å². The van der Waals surface area contributed by atoms with Crippen molar-refractivity contribution in [3.63, 3.8) is 0 Å². The molecule has 3 heterocycles. The number of nitrogens with zero attached hydrogens (tertiary/aromatic N) is 3. The van der Waals surface area contributed by atoms with Gasteiger partial charge in [0, 0.05) is 36.3 Å². The quantitative estimate of drug-likeness (QED) is 0.434. The van der Waals surface area contributed by atoms with Crippen LogP contribution in [0.3, 0.4) is 0 Å². The van der Waals surface area contributed by atoms with Crippen LogP contribution >= 0.6 is 11.3 Å². The Morgan fingerprint density at radius 2 is 1.98 bits per heavy atom. The molecular formula is C28H33FN4O6S2. The number of esters is 1. The molecule has 2 fully saturated rings. The second-order valence-corrected chi connectivity index (χ2v) is 14.1. The first-order chi connectivity index (χ1) is 19.5. The molecule has 0 radical (unpaired) electrons. The number of carbonyl (C=O) groups excluding carboxylic acids is 1. The third-order valence-electron chi connectivity index (χ3n) is 8.33. The summed E-state index contributed by atoms with van der Waals surface area (Å²) >= 11 is 1.37. The minimum Gasteiger partial charge on any atom is -0.481 e. The number of hydrogen-bond donors (Lipinski definition) is 2. The maximum absolute atomic E-state index is 14.7. The van der Waals surface area contributed by atoms with Crippen LogP contribution in [0, 0.1) is 24.1 Å². The Balaban J connectivity index is 1.47. The van der Waals surface area contributed by atoms with Gasteiger partial charge in [-0.25, -0.2) is 26.9 Å². The predicted octanol–water partition coefficient (Wildman–Crippen LogP) is 3.79. The highest BCUT2D eigenvalue weighted by molar-refractivity contribution is 7.89. The molecule has 13 heteroatoms. The summed E-state index contributed by atoms with van der Waals surface area (Å²) in [4.78, 5) is 34.1. The van der Waals surface area contributed by atoms with Gasteiger partial charge in [-0.3, -0.25) is 9.79 Å². The van der Waals surface area contributed by atoms with Gasteiger partial charge in [-0.1, -0.05) is 12.1 Å². The van der Waals surface area contributed by atoms with Gasteiger partial charge in [0.15, 0.2) is 10.8 Å². The van der Waals surface area contributed by atoms with E-state index >= 15 is 0 Å². The predicted molar refractivity (Wildman–Crippen MR) is 151 cm³/mol. The molecule has 2 N–H and O–H groups in total. The van der Waals surface area contributed by atoms with Crippen molar-refractivity contribution in [1.82, 2.24) is 14.6 Å². The molecule has 1 atom stereocenters. The molecule has 1 saturated carbocycles. The normalized spacial score (nSPS) is 25.7. The Morgan fingerprint density at radius 3 is 2.59 bits per heavy atom. The highest BCUT2D eigenvalue weighted by Gasteiger charge is 2.53. The third kappa shape index (κ3) is 5.42. The maximum Gasteiger partial charge on any atom is 0.338 e. The number of benzene rings is 1. The summed E-state index contributed by atoms with van der Waals surface area (Å²) in [6.45, 7) is 5.52. The Kier molecular flexibility index (Phi) is 8.05. The Hall–Kier alpha value is -3.16. The fraction of sp³-hybridized carbons (Fsp3) is 0.500. The fourth-order valence-corrected chi connectivity index (χ4v) is 8.74. The Bertz CT molecular complexity index is 1510. The number of aliphatic imine (C=N–C) groups is 1. The Morgan fingerprint density at radius 1 is 1.27 bits per heavy atom. The first-order valence-corrected chi connectivity index (χ1v) is 16.0. The van der Waals surface area contributed by atoms with Crippen molar-refractivity contribution in [3.8, 4) is 0 Å². The second-order valence-electron chi connectivity index (χ2n) is 11.0. The number of nitrogens with one attached hydrogen (secondary N) is 1. The van der Waals surface area contributed by atoms with Gasteiger partial charge in [-0.05, 0) is 63.6 Å². The lowest BCUT2D eigenvalue weighted by atomic mass is 9.70. The summed E-state index contributed by atoms with van der Waals surface area (Å²) in [6.07, 6.45) is 2.68. The maximum atomic E-state index is 14.7. The lowest BCUT2D eigenvalue weighted by Gasteiger charge is -2.44. The summed E-state index contributed by atoms with van der Waals surface area (Å²) in [5.41, 5.74) is 0.747. The Labute approximate surface area is 242 Å². The molecule has 1 aromatic heterocycles. The smallest absolute Gasteiger partial charge is 0.338 e. The summed E-state index contributed by atoms with van der Waals surface area (Å²) in [5.74, 6) is -1.74. The molecule has 0 spiro atoms. The van der Waals surface area contributed by atoms with E-state index in [1.54, 1.807) is 39.1 Å². The number of aromatic nitrogens is 1. The number of aliphatic carboxylic acids is 1. The number of hydrogen-bond acceptors (Lipinski definition) is 9. The van der Waals surface area contributed by atoms with E-state index in [-0.39, 0.29) is 44.0 Å². The van der Waals surface area contributed by atoms with E-state index in [2.05, 4.69) is 10.3 Å². The minimum absolute atomic E-state index is 0.0899. The summed E-state index contributed by atoms with van der Waals surface area (Å²) in [5, 5.41) is 14.4. The first kappa shape index (κ1) is 29.3. The van der Waals surface area contributed by atoms with Gasteiger partial charge in [-0.2, -0.15) is 0 Å². The highest BCUT2D eigenvalue weighted by Crippen LogP contribution is 2.46. The van der Waals surface area contributed by atoms with Crippen LogP contribution < -0.4 is 5.32 Å². The van der Waals surface area contributed by atoms with Gasteiger partial charge in [0.25, 0.3) is 0 Å². The highest BCUT2D eigenvalue weighted by atomic mass is 32.2. The zero-order valence-electron chi connectivity index (χ0n) is 23.1. The van der Waals surface area contributed by atoms with Crippen LogP contribution in [-0.2, 0) is 24.3 Å². The molecule has 1 saturated heterocycles. The number of allylic oxidation sites excluding steroid dienone is 1. The molecule has 2 aromatic rings. The van der Waals surface area contributed by atoms with Gasteiger partial charge in [0.05, 0.1) is 22.8 Å². The monoisotopic (exact) mass is 604 g/mol. The van der Waals surface area contributed by atoms with E-state index in [0.717, 1.165) is 0 Å². The van der Waals surface area contributed by atoms with E-state index in [1.807, 2.05) is 5.38 Å². The molecule has 0 amide bonds. The number of sulfonamides is 1. The SMILES string of the molecule is CCOC(=O)C1=C(C2CCN(S(=O)(=O)C3CC(C)(C(=O)O)C3)CC2)NC(c2nccs2)=N[C@H]1c1cccc(F)c1C. The van der Waals surface area contributed by atoms with E-state index in [0.29, 0.717) is 40.5 Å². The molecule has 3 aliphatic rings. The van der Waals surface area contributed by atoms with Gasteiger partial charge in [0.1, 0.15) is 11.9 Å². The average molecular weight is 605 g/mol. The number of thiazole rings is 1. The van der Waals surface area contributed by atoms with Crippen molar-refractivity contribution >= 4 is 39.1 Å². The van der Waals surface area contributed by atoms with Crippen LogP contribution in [0.4, 0.5) is 4.39 Å². The molecule has 2 aliphatic heterocycles. The number of amidine groups is 1. The average Bonchev–Trinajstić information content (AvgIpc) is 3.47. The van der Waals surface area contributed by atoms with E-state index < -0.39 is 44.5 Å². The van der Waals surface area contributed by atoms with E-state index in [1.165, 1.54) is 21.7 Å². The van der Waals surface area contributed by atoms with Gasteiger partial charge >= 0.3 is 11.9 Å². The molecule has 220 valence electrons. The lowest BCUT2D eigenvalue weighted by molar-refractivity contribution is -0.152. The van der Waals surface area contributed by atoms with Crippen LogP contribution in [-0.4, -0.2) is 65.5 Å². The molecule has 10 nitrogen and oxygen atoms in total. The van der Waals surface area contributed by atoms with Crippen molar-refractivity contribution in [2.45, 2.75) is 57.7 Å². The molecular weight excluding hydrogens is 571 g/mol. The van der Waals surface area contributed by atoms with Crippen LogP contribution in [0.25, 0.3) is 0 Å². The molecule has 0 unspecified atom stereocenters. The summed E-state index contributed by atoms with van der Waals surface area (Å²) in [7, 11) is -3.66. The third-order valence-corrected chi connectivity index (χ3v) is 11.4. The van der Waals surface area contributed by atoms with Crippen molar-refractivity contribution in [3.05, 3.63) is 63.0 Å². The van der Waals surface area contributed by atoms with E-state index in [4.69, 9.17) is 9.73 Å². The van der Waals surface area contributed by atoms with Crippen LogP contribution in [0.15, 0.2) is 46.0 Å². The number of carboxylic acids is 1. The van der Waals surface area contributed by atoms with Crippen molar-refractivity contribution in [1.29, 1.82) is 0 Å². The number of halogens is 1. The molecule has 5 rings (SSSR count). The number of ether oxygens (including phenoxy) is 1. The van der Waals surface area contributed by atoms with Gasteiger partial charge < -0.3 is 15.2 Å². The van der Waals surface area contributed by atoms with Crippen molar-refractivity contribution in [2.24, 2.45) is 16.3 Å². The van der Waals surface area contributed by atoms with Crippen molar-refractivity contribution < 1.29 is 32.2 Å². The van der Waals surface area contributed by atoms with Gasteiger partial charge in [0.2, 0.25) is 10.0 Å². The number of piperidine rings is 1. The minimum atomic E-state index is -3.66. The lowest BCUT2D eigenvalue weighted by Crippen LogP contribution is -2.54. The van der Waals surface area contributed by atoms with E-state index in [9.17, 15) is 27.5 Å². The first-order valence-electron chi connectivity index (χ1n) is 13.6. The standard InChI is InChI=1S/C28H33FN4O6S2/c1-4-39-26(34)21-22(17-8-11-33(12-9-17)41(37,38)18-14-28(3,15-18)27(35)36)31-24(25-30-10-13-40-25)32-23(21)19-6-5-7-20(29)16(19)2/h5-7,10,13,17-18,23H,4,8-9,11-12,14-15H2,1-3H3,(H,31,32)(H,35,36)/t18?,23-,28?/m0/s1. The largest absolute Gasteiger partial charge is 0.481 e. The molecule has 0 bridgehead atoms. The van der Waals surface area contributed by atoms with Crippen LogP contribution in [0.1, 0.15) is 61.7 Å². The number of rotatable bonds is 8. The number of carboxylic acid groups (broad SMARTS) is 1. The van der Waals surface area contributed by atoms with Crippen LogP contribution in [0.2, 0.25) is 0 Å². The van der Waals surface area contributed by atoms with Crippen molar-refractivity contribution in [2.75, 3.05) is 19.7 Å². The molecule has 1 aliphatic carbocycles. The fourth-order valence-electron chi connectivity index (χ4n) is 5.86.